The van der Waals surface area contributed by atoms with E-state index in [0.717, 1.165) is 35.0 Å². The average molecular weight is 481 g/mol. The monoisotopic (exact) mass is 480 g/mol. The van der Waals surface area contributed by atoms with E-state index in [1.165, 1.54) is 0 Å². The molecule has 0 bridgehead atoms. The second-order valence-electron chi connectivity index (χ2n) is 10.4. The highest BCUT2D eigenvalue weighted by Crippen LogP contribution is 2.51. The van der Waals surface area contributed by atoms with E-state index in [2.05, 4.69) is 32.2 Å². The zero-order valence-electron chi connectivity index (χ0n) is 20.6. The van der Waals surface area contributed by atoms with Gasteiger partial charge in [0.05, 0.1) is 37.3 Å². The van der Waals surface area contributed by atoms with Crippen LogP contribution in [0.15, 0.2) is 36.4 Å². The lowest BCUT2D eigenvalue weighted by molar-refractivity contribution is -0.118. The van der Waals surface area contributed by atoms with Gasteiger partial charge in [-0.1, -0.05) is 26.8 Å². The van der Waals surface area contributed by atoms with E-state index < -0.39 is 11.5 Å². The van der Waals surface area contributed by atoms with Crippen LogP contribution in [0.25, 0.3) is 10.9 Å². The van der Waals surface area contributed by atoms with Gasteiger partial charge in [0.15, 0.2) is 11.5 Å². The van der Waals surface area contributed by atoms with E-state index in [4.69, 9.17) is 14.2 Å². The van der Waals surface area contributed by atoms with Gasteiger partial charge in [0.2, 0.25) is 12.7 Å². The molecular weight excluding hydrogens is 448 g/mol. The minimum absolute atomic E-state index is 0.0658. The van der Waals surface area contributed by atoms with Gasteiger partial charge < -0.3 is 34.3 Å². The first-order chi connectivity index (χ1) is 16.7. The number of nitrogens with one attached hydrogen (secondary N) is 1. The summed E-state index contributed by atoms with van der Waals surface area (Å²) in [6.07, 6.45) is 0.635. The Morgan fingerprint density at radius 3 is 2.57 bits per heavy atom. The Bertz CT molecular complexity index is 1290. The molecule has 1 aliphatic carbocycles. The van der Waals surface area contributed by atoms with Crippen molar-refractivity contribution < 1.29 is 29.2 Å². The Morgan fingerprint density at radius 1 is 1.17 bits per heavy atom. The van der Waals surface area contributed by atoms with Gasteiger partial charge in [-0.05, 0) is 42.7 Å². The predicted octanol–water partition coefficient (Wildman–Crippen LogP) is 3.70. The normalized spacial score (nSPS) is 16.9. The van der Waals surface area contributed by atoms with Crippen molar-refractivity contribution in [1.82, 2.24) is 4.57 Å². The number of anilines is 1. The molecule has 2 aromatic carbocycles. The number of carbonyl (C=O) groups is 1. The number of carbonyl (C=O) groups excluding carboxylic acids is 1. The van der Waals surface area contributed by atoms with Crippen LogP contribution >= 0.6 is 0 Å². The fourth-order valence-corrected chi connectivity index (χ4v) is 4.90. The second-order valence-corrected chi connectivity index (χ2v) is 10.4. The van der Waals surface area contributed by atoms with Crippen molar-refractivity contribution in [2.24, 2.45) is 0 Å². The van der Waals surface area contributed by atoms with Crippen LogP contribution in [0.1, 0.15) is 44.9 Å². The van der Waals surface area contributed by atoms with Crippen molar-refractivity contribution in [1.29, 1.82) is 0 Å². The number of hydrogen-bond acceptors (Lipinski definition) is 6. The molecule has 8 nitrogen and oxygen atoms in total. The van der Waals surface area contributed by atoms with Crippen LogP contribution in [0.5, 0.6) is 17.2 Å². The van der Waals surface area contributed by atoms with Crippen LogP contribution in [-0.2, 0) is 22.2 Å². The summed E-state index contributed by atoms with van der Waals surface area (Å²) in [7, 11) is 1.59. The molecule has 3 N–H and O–H groups in total. The predicted molar refractivity (Wildman–Crippen MR) is 132 cm³/mol. The average Bonchev–Trinajstić information content (AvgIpc) is 3.36. The largest absolute Gasteiger partial charge is 0.494 e. The van der Waals surface area contributed by atoms with Gasteiger partial charge in [-0.2, -0.15) is 0 Å². The van der Waals surface area contributed by atoms with Crippen LogP contribution in [0.3, 0.4) is 0 Å². The lowest BCUT2D eigenvalue weighted by Crippen LogP contribution is -2.27. The number of amides is 1. The number of rotatable bonds is 7. The Balaban J connectivity index is 1.50. The Hall–Kier alpha value is -3.23. The first-order valence-electron chi connectivity index (χ1n) is 11.9. The Labute approximate surface area is 204 Å². The highest BCUT2D eigenvalue weighted by molar-refractivity contribution is 6.03. The molecule has 2 heterocycles. The molecule has 3 aromatic rings. The molecule has 0 unspecified atom stereocenters. The van der Waals surface area contributed by atoms with Crippen molar-refractivity contribution in [3.63, 3.8) is 0 Å². The summed E-state index contributed by atoms with van der Waals surface area (Å²) in [5.74, 6) is 1.90. The third-order valence-electron chi connectivity index (χ3n) is 6.92. The fraction of sp³-hybridized carbons (Fsp3) is 0.444. The fourth-order valence-electron chi connectivity index (χ4n) is 4.90. The van der Waals surface area contributed by atoms with Gasteiger partial charge in [-0.25, -0.2) is 0 Å². The van der Waals surface area contributed by atoms with E-state index in [1.807, 2.05) is 34.9 Å². The lowest BCUT2D eigenvalue weighted by atomic mass is 9.92. The zero-order chi connectivity index (χ0) is 25.0. The molecule has 0 saturated heterocycles. The molecule has 1 aliphatic heterocycles. The minimum atomic E-state index is -0.896. The third kappa shape index (κ3) is 4.10. The summed E-state index contributed by atoms with van der Waals surface area (Å²) in [5.41, 5.74) is 2.59. The van der Waals surface area contributed by atoms with Gasteiger partial charge >= 0.3 is 0 Å². The summed E-state index contributed by atoms with van der Waals surface area (Å²) >= 11 is 0. The molecule has 1 fully saturated rings. The molecule has 1 saturated carbocycles. The van der Waals surface area contributed by atoms with Crippen molar-refractivity contribution in [2.45, 2.75) is 57.1 Å². The quantitative estimate of drug-likeness (QED) is 0.477. The van der Waals surface area contributed by atoms with Crippen molar-refractivity contribution in [3.05, 3.63) is 47.7 Å². The molecule has 35 heavy (non-hydrogen) atoms. The number of aliphatic hydroxyl groups is 2. The summed E-state index contributed by atoms with van der Waals surface area (Å²) in [6, 6.07) is 11.5. The number of aliphatic hydroxyl groups excluding tert-OH is 2. The van der Waals surface area contributed by atoms with Crippen LogP contribution in [0, 0.1) is 0 Å². The molecule has 2 aliphatic rings. The molecule has 0 radical (unpaired) electrons. The molecule has 8 heteroatoms. The topological polar surface area (TPSA) is 102 Å². The lowest BCUT2D eigenvalue weighted by Gasteiger charge is -2.24. The maximum Gasteiger partial charge on any atom is 0.235 e. The van der Waals surface area contributed by atoms with Crippen molar-refractivity contribution in [2.75, 3.05) is 25.8 Å². The minimum Gasteiger partial charge on any atom is -0.494 e. The highest BCUT2D eigenvalue weighted by Gasteiger charge is 2.51. The van der Waals surface area contributed by atoms with Crippen LogP contribution < -0.4 is 19.5 Å². The number of aromatic nitrogens is 1. The molecule has 1 amide bonds. The van der Waals surface area contributed by atoms with Crippen LogP contribution in [-0.4, -0.2) is 47.3 Å². The maximum atomic E-state index is 13.5. The molecule has 186 valence electrons. The van der Waals surface area contributed by atoms with E-state index in [0.29, 0.717) is 22.9 Å². The number of nitrogens with zero attached hydrogens (tertiary/aromatic N) is 1. The van der Waals surface area contributed by atoms with Gasteiger partial charge in [-0.15, -0.1) is 0 Å². The zero-order valence-corrected chi connectivity index (χ0v) is 20.6. The summed E-state index contributed by atoms with van der Waals surface area (Å²) in [4.78, 5) is 13.5. The Kier molecular flexibility index (Phi) is 5.68. The molecule has 1 atom stereocenters. The molecule has 1 aromatic heterocycles. The van der Waals surface area contributed by atoms with E-state index in [-0.39, 0.29) is 31.3 Å². The van der Waals surface area contributed by atoms with E-state index in [1.54, 1.807) is 7.11 Å². The number of benzene rings is 2. The number of methoxy groups -OCH3 is 1. The van der Waals surface area contributed by atoms with Gasteiger partial charge in [-0.3, -0.25) is 4.79 Å². The number of fused-ring (bicyclic) bond motifs is 2. The number of ether oxygens (including phenoxy) is 3. The third-order valence-corrected chi connectivity index (χ3v) is 6.92. The summed E-state index contributed by atoms with van der Waals surface area (Å²) in [6.45, 7) is 6.40. The van der Waals surface area contributed by atoms with Crippen molar-refractivity contribution >= 4 is 22.5 Å². The van der Waals surface area contributed by atoms with Crippen LogP contribution in [0.4, 0.5) is 5.69 Å². The highest BCUT2D eigenvalue weighted by atomic mass is 16.7. The molecular formula is C27H32N2O6. The van der Waals surface area contributed by atoms with Gasteiger partial charge in [0.1, 0.15) is 5.75 Å². The molecule has 0 spiro atoms. The smallest absolute Gasteiger partial charge is 0.235 e. The van der Waals surface area contributed by atoms with E-state index in [9.17, 15) is 15.0 Å². The standard InChI is InChI=1S/C27H32N2O6/c1-26(2,3)23-10-16-9-18(12-22(33-4)24(16)29(23)13-19(31)14-30)28-25(32)27(7-8-27)17-5-6-20-21(11-17)35-15-34-20/h5-6,9-12,19,30-31H,7-8,13-15H2,1-4H3,(H,28,32)/t19-/m1/s1. The van der Waals surface area contributed by atoms with Gasteiger partial charge in [0.25, 0.3) is 0 Å². The van der Waals surface area contributed by atoms with Crippen LogP contribution in [0.2, 0.25) is 0 Å². The summed E-state index contributed by atoms with van der Waals surface area (Å²) < 4.78 is 18.6. The maximum absolute atomic E-state index is 13.5. The second kappa shape index (κ2) is 8.46. The van der Waals surface area contributed by atoms with Gasteiger partial charge in [0, 0.05) is 28.2 Å². The SMILES string of the molecule is COc1cc(NC(=O)C2(c3ccc4c(c3)OCO4)CC2)cc2cc(C(C)(C)C)n(C[C@@H](O)CO)c12. The first-order valence-corrected chi connectivity index (χ1v) is 11.9. The number of hydrogen-bond donors (Lipinski definition) is 3. The Morgan fingerprint density at radius 2 is 1.91 bits per heavy atom. The summed E-state index contributed by atoms with van der Waals surface area (Å²) in [5, 5.41) is 23.6. The first kappa shape index (κ1) is 23.5. The molecule has 5 rings (SSSR count). The van der Waals surface area contributed by atoms with Crippen molar-refractivity contribution in [3.8, 4) is 17.2 Å². The van der Waals surface area contributed by atoms with E-state index >= 15 is 0 Å².